The standard InChI is InChI=1S/C11H22N2O3/c1-11(5-3-4-9(11)12)10(15)13-6-8(14)7-16-2/h8-9,14H,3-7,12H2,1-2H3,(H,13,15). The van der Waals surface area contributed by atoms with Crippen molar-refractivity contribution in [2.24, 2.45) is 11.1 Å². The predicted molar refractivity (Wildman–Crippen MR) is 60.8 cm³/mol. The molecule has 0 radical (unpaired) electrons. The molecular weight excluding hydrogens is 208 g/mol. The number of hydrogen-bond donors (Lipinski definition) is 3. The van der Waals surface area contributed by atoms with E-state index in [2.05, 4.69) is 5.32 Å². The van der Waals surface area contributed by atoms with Crippen molar-refractivity contribution >= 4 is 5.91 Å². The summed E-state index contributed by atoms with van der Waals surface area (Å²) in [7, 11) is 1.51. The smallest absolute Gasteiger partial charge is 0.227 e. The van der Waals surface area contributed by atoms with Crippen LogP contribution in [0.25, 0.3) is 0 Å². The maximum absolute atomic E-state index is 11.9. The van der Waals surface area contributed by atoms with Crippen molar-refractivity contribution in [3.8, 4) is 0 Å². The summed E-state index contributed by atoms with van der Waals surface area (Å²) in [4.78, 5) is 11.9. The van der Waals surface area contributed by atoms with Crippen LogP contribution < -0.4 is 11.1 Å². The molecule has 4 N–H and O–H groups in total. The molecule has 1 aliphatic carbocycles. The first-order valence-electron chi connectivity index (χ1n) is 5.71. The van der Waals surface area contributed by atoms with Crippen molar-refractivity contribution in [3.63, 3.8) is 0 Å². The number of nitrogens with two attached hydrogens (primary N) is 1. The van der Waals surface area contributed by atoms with Crippen molar-refractivity contribution < 1.29 is 14.6 Å². The fourth-order valence-corrected chi connectivity index (χ4v) is 2.14. The second-order valence-electron chi connectivity index (χ2n) is 4.74. The Balaban J connectivity index is 2.40. The van der Waals surface area contributed by atoms with Gasteiger partial charge < -0.3 is 20.9 Å². The largest absolute Gasteiger partial charge is 0.389 e. The Hall–Kier alpha value is -0.650. The molecule has 3 atom stereocenters. The molecule has 3 unspecified atom stereocenters. The lowest BCUT2D eigenvalue weighted by atomic mass is 9.84. The van der Waals surface area contributed by atoms with Crippen molar-refractivity contribution in [1.82, 2.24) is 5.32 Å². The summed E-state index contributed by atoms with van der Waals surface area (Å²) in [5.41, 5.74) is 5.45. The number of ether oxygens (including phenoxy) is 1. The molecule has 0 heterocycles. The Morgan fingerprint density at radius 2 is 2.44 bits per heavy atom. The van der Waals surface area contributed by atoms with E-state index in [0.29, 0.717) is 0 Å². The highest BCUT2D eigenvalue weighted by atomic mass is 16.5. The van der Waals surface area contributed by atoms with Crippen molar-refractivity contribution in [2.75, 3.05) is 20.3 Å². The monoisotopic (exact) mass is 230 g/mol. The van der Waals surface area contributed by atoms with Gasteiger partial charge >= 0.3 is 0 Å². The number of hydrogen-bond acceptors (Lipinski definition) is 4. The highest BCUT2D eigenvalue weighted by Crippen LogP contribution is 2.36. The molecule has 0 spiro atoms. The lowest BCUT2D eigenvalue weighted by Crippen LogP contribution is -2.49. The van der Waals surface area contributed by atoms with Gasteiger partial charge in [0, 0.05) is 19.7 Å². The lowest BCUT2D eigenvalue weighted by molar-refractivity contribution is -0.131. The van der Waals surface area contributed by atoms with Crippen LogP contribution in [0.1, 0.15) is 26.2 Å². The van der Waals surface area contributed by atoms with E-state index in [9.17, 15) is 9.90 Å². The van der Waals surface area contributed by atoms with Gasteiger partial charge in [-0.15, -0.1) is 0 Å². The molecule has 1 aliphatic rings. The van der Waals surface area contributed by atoms with Gasteiger partial charge in [0.1, 0.15) is 0 Å². The van der Waals surface area contributed by atoms with E-state index in [0.717, 1.165) is 19.3 Å². The third kappa shape index (κ3) is 2.93. The van der Waals surface area contributed by atoms with Gasteiger partial charge in [-0.1, -0.05) is 6.42 Å². The van der Waals surface area contributed by atoms with Gasteiger partial charge in [-0.25, -0.2) is 0 Å². The minimum absolute atomic E-state index is 0.0624. The van der Waals surface area contributed by atoms with Gasteiger partial charge in [0.25, 0.3) is 0 Å². The Morgan fingerprint density at radius 3 is 2.94 bits per heavy atom. The summed E-state index contributed by atoms with van der Waals surface area (Å²) in [6, 6.07) is -0.0768. The minimum Gasteiger partial charge on any atom is -0.389 e. The van der Waals surface area contributed by atoms with Crippen molar-refractivity contribution in [2.45, 2.75) is 38.3 Å². The van der Waals surface area contributed by atoms with Gasteiger partial charge in [-0.3, -0.25) is 4.79 Å². The fraction of sp³-hybridized carbons (Fsp3) is 0.909. The van der Waals surface area contributed by atoms with Gasteiger partial charge in [0.2, 0.25) is 5.91 Å². The summed E-state index contributed by atoms with van der Waals surface area (Å²) in [6.07, 6.45) is 2.05. The second kappa shape index (κ2) is 5.61. The first-order valence-corrected chi connectivity index (χ1v) is 5.71. The van der Waals surface area contributed by atoms with Crippen LogP contribution in [0, 0.1) is 5.41 Å². The first kappa shape index (κ1) is 13.4. The summed E-state index contributed by atoms with van der Waals surface area (Å²) >= 11 is 0. The van der Waals surface area contributed by atoms with Crippen molar-refractivity contribution in [1.29, 1.82) is 0 Å². The van der Waals surface area contributed by atoms with Gasteiger partial charge in [0.15, 0.2) is 0 Å². The summed E-state index contributed by atoms with van der Waals surface area (Å²) in [5, 5.41) is 12.2. The predicted octanol–water partition coefficient (Wildman–Crippen LogP) is -0.373. The van der Waals surface area contributed by atoms with Crippen LogP contribution in [0.3, 0.4) is 0 Å². The summed E-state index contributed by atoms with van der Waals surface area (Å²) in [5.74, 6) is -0.0624. The zero-order chi connectivity index (χ0) is 12.2. The number of aliphatic hydroxyl groups excluding tert-OH is 1. The average molecular weight is 230 g/mol. The number of carbonyl (C=O) groups excluding carboxylic acids is 1. The van der Waals surface area contributed by atoms with E-state index in [1.54, 1.807) is 0 Å². The van der Waals surface area contributed by atoms with Gasteiger partial charge in [-0.05, 0) is 19.8 Å². The summed E-state index contributed by atoms with van der Waals surface area (Å²) < 4.78 is 4.78. The Bertz CT molecular complexity index is 247. The van der Waals surface area contributed by atoms with Crippen LogP contribution in [-0.2, 0) is 9.53 Å². The van der Waals surface area contributed by atoms with Crippen LogP contribution in [0.5, 0.6) is 0 Å². The normalized spacial score (nSPS) is 31.4. The molecule has 5 heteroatoms. The highest BCUT2D eigenvalue weighted by molar-refractivity contribution is 5.83. The number of aliphatic hydroxyl groups is 1. The fourth-order valence-electron chi connectivity index (χ4n) is 2.14. The molecule has 0 aromatic rings. The Kier molecular flexibility index (Phi) is 4.70. The first-order chi connectivity index (χ1) is 7.50. The molecule has 1 fully saturated rings. The molecule has 1 saturated carbocycles. The minimum atomic E-state index is -0.657. The summed E-state index contributed by atoms with van der Waals surface area (Å²) in [6.45, 7) is 2.33. The molecular formula is C11H22N2O3. The number of carbonyl (C=O) groups is 1. The number of rotatable bonds is 5. The number of nitrogens with one attached hydrogen (secondary N) is 1. The van der Waals surface area contributed by atoms with Crippen LogP contribution in [0.2, 0.25) is 0 Å². The molecule has 0 bridgehead atoms. The molecule has 0 aromatic heterocycles. The Labute approximate surface area is 96.3 Å². The Morgan fingerprint density at radius 1 is 1.75 bits per heavy atom. The van der Waals surface area contributed by atoms with E-state index in [1.165, 1.54) is 7.11 Å². The molecule has 16 heavy (non-hydrogen) atoms. The van der Waals surface area contributed by atoms with E-state index in [1.807, 2.05) is 6.92 Å². The van der Waals surface area contributed by atoms with Crippen LogP contribution in [0.4, 0.5) is 0 Å². The maximum Gasteiger partial charge on any atom is 0.227 e. The maximum atomic E-state index is 11.9. The molecule has 5 nitrogen and oxygen atoms in total. The van der Waals surface area contributed by atoms with E-state index < -0.39 is 11.5 Å². The van der Waals surface area contributed by atoms with Crippen LogP contribution >= 0.6 is 0 Å². The molecule has 0 aromatic carbocycles. The van der Waals surface area contributed by atoms with Gasteiger partial charge in [-0.2, -0.15) is 0 Å². The van der Waals surface area contributed by atoms with E-state index in [4.69, 9.17) is 10.5 Å². The van der Waals surface area contributed by atoms with E-state index in [-0.39, 0.29) is 25.1 Å². The highest BCUT2D eigenvalue weighted by Gasteiger charge is 2.42. The zero-order valence-corrected chi connectivity index (χ0v) is 10.0. The van der Waals surface area contributed by atoms with Gasteiger partial charge in [0.05, 0.1) is 18.1 Å². The third-order valence-electron chi connectivity index (χ3n) is 3.41. The molecule has 94 valence electrons. The SMILES string of the molecule is COCC(O)CNC(=O)C1(C)CCCC1N. The van der Waals surface area contributed by atoms with Crippen molar-refractivity contribution in [3.05, 3.63) is 0 Å². The molecule has 0 aliphatic heterocycles. The molecule has 1 amide bonds. The zero-order valence-electron chi connectivity index (χ0n) is 10.0. The average Bonchev–Trinajstić information content (AvgIpc) is 2.57. The van der Waals surface area contributed by atoms with Crippen LogP contribution in [-0.4, -0.2) is 43.4 Å². The topological polar surface area (TPSA) is 84.6 Å². The van der Waals surface area contributed by atoms with E-state index >= 15 is 0 Å². The third-order valence-corrected chi connectivity index (χ3v) is 3.41. The quantitative estimate of drug-likeness (QED) is 0.601. The number of methoxy groups -OCH3 is 1. The number of amides is 1. The second-order valence-corrected chi connectivity index (χ2v) is 4.74. The lowest BCUT2D eigenvalue weighted by Gasteiger charge is -2.28. The molecule has 0 saturated heterocycles. The molecule has 1 rings (SSSR count). The van der Waals surface area contributed by atoms with Crippen LogP contribution in [0.15, 0.2) is 0 Å².